The highest BCUT2D eigenvalue weighted by Gasteiger charge is 2.14. The molecule has 10 heteroatoms. The van der Waals surface area contributed by atoms with E-state index in [0.717, 1.165) is 5.56 Å². The Hall–Kier alpha value is -3.63. The highest BCUT2D eigenvalue weighted by atomic mass is 16.5. The van der Waals surface area contributed by atoms with Gasteiger partial charge in [-0.05, 0) is 55.3 Å². The van der Waals surface area contributed by atoms with Crippen molar-refractivity contribution >= 4 is 28.2 Å². The van der Waals surface area contributed by atoms with E-state index in [0.29, 0.717) is 47.3 Å². The highest BCUT2D eigenvalue weighted by molar-refractivity contribution is 5.77. The third-order valence-electron chi connectivity index (χ3n) is 5.45. The molecule has 2 N–H and O–H groups in total. The van der Waals surface area contributed by atoms with Gasteiger partial charge in [0.15, 0.2) is 11.2 Å². The smallest absolute Gasteiger partial charge is 0.420 e. The van der Waals surface area contributed by atoms with Crippen molar-refractivity contribution in [3.63, 3.8) is 0 Å². The molecule has 0 saturated carbocycles. The summed E-state index contributed by atoms with van der Waals surface area (Å²) in [5.41, 5.74) is 3.62. The van der Waals surface area contributed by atoms with Gasteiger partial charge in [-0.15, -0.1) is 0 Å². The Labute approximate surface area is 188 Å². The van der Waals surface area contributed by atoms with Crippen LogP contribution in [-0.4, -0.2) is 39.9 Å². The van der Waals surface area contributed by atoms with Crippen molar-refractivity contribution < 1.29 is 23.5 Å². The second-order valence-corrected chi connectivity index (χ2v) is 7.69. The Kier molecular flexibility index (Phi) is 6.47. The second kappa shape index (κ2) is 9.47. The van der Waals surface area contributed by atoms with Crippen LogP contribution in [0.15, 0.2) is 54.8 Å². The lowest BCUT2D eigenvalue weighted by molar-refractivity contribution is -0.143. The summed E-state index contributed by atoms with van der Waals surface area (Å²) in [5.74, 6) is -1.55. The van der Waals surface area contributed by atoms with Crippen LogP contribution < -0.4 is 16.8 Å². The van der Waals surface area contributed by atoms with E-state index in [-0.39, 0.29) is 13.2 Å². The standard InChI is InChI=1S/C23H25N3O7/c1-3-31-21(28)13-26-17-6-4-14(10-19(17)33-23(26)30)8-9-24-12-18(27)15-5-7-16-20(11-15)32-22(29)25(16)2/h4-7,10-11,18,24,27H,3,8-9,12-13H2,1-2H3. The molecule has 0 radical (unpaired) electrons. The number of rotatable bonds is 9. The van der Waals surface area contributed by atoms with Crippen LogP contribution in [0.3, 0.4) is 0 Å². The van der Waals surface area contributed by atoms with Crippen molar-refractivity contribution in [3.05, 3.63) is 68.6 Å². The Bertz CT molecular complexity index is 1410. The number of hydrogen-bond donors (Lipinski definition) is 2. The molecule has 174 valence electrons. The summed E-state index contributed by atoms with van der Waals surface area (Å²) in [6.07, 6.45) is -0.125. The SMILES string of the molecule is CCOC(=O)Cn1c(=O)oc2cc(CCNCC(O)c3ccc4c(c3)oc(=O)n4C)ccc21. The third-order valence-corrected chi connectivity index (χ3v) is 5.45. The summed E-state index contributed by atoms with van der Waals surface area (Å²) in [4.78, 5) is 35.4. The van der Waals surface area contributed by atoms with Crippen molar-refractivity contribution in [2.75, 3.05) is 19.7 Å². The van der Waals surface area contributed by atoms with E-state index in [1.807, 2.05) is 6.07 Å². The number of aromatic nitrogens is 2. The maximum Gasteiger partial charge on any atom is 0.420 e. The van der Waals surface area contributed by atoms with E-state index in [4.69, 9.17) is 13.6 Å². The van der Waals surface area contributed by atoms with Crippen molar-refractivity contribution in [1.29, 1.82) is 0 Å². The summed E-state index contributed by atoms with van der Waals surface area (Å²) in [7, 11) is 1.63. The van der Waals surface area contributed by atoms with Crippen LogP contribution in [0.25, 0.3) is 22.2 Å². The van der Waals surface area contributed by atoms with Gasteiger partial charge in [-0.1, -0.05) is 12.1 Å². The fourth-order valence-electron chi connectivity index (χ4n) is 3.70. The predicted molar refractivity (Wildman–Crippen MR) is 120 cm³/mol. The first-order valence-corrected chi connectivity index (χ1v) is 10.6. The normalized spacial score (nSPS) is 12.5. The molecule has 0 aliphatic carbocycles. The zero-order valence-corrected chi connectivity index (χ0v) is 18.4. The molecule has 4 aromatic rings. The van der Waals surface area contributed by atoms with Gasteiger partial charge in [0.1, 0.15) is 6.54 Å². The van der Waals surface area contributed by atoms with E-state index >= 15 is 0 Å². The van der Waals surface area contributed by atoms with Crippen molar-refractivity contribution in [2.24, 2.45) is 7.05 Å². The molecule has 4 rings (SSSR count). The van der Waals surface area contributed by atoms with Gasteiger partial charge in [-0.3, -0.25) is 13.9 Å². The quantitative estimate of drug-likeness (QED) is 0.287. The highest BCUT2D eigenvalue weighted by Crippen LogP contribution is 2.19. The molecule has 33 heavy (non-hydrogen) atoms. The van der Waals surface area contributed by atoms with Crippen molar-refractivity contribution in [2.45, 2.75) is 26.0 Å². The molecular weight excluding hydrogens is 430 g/mol. The fourth-order valence-corrected chi connectivity index (χ4v) is 3.70. The molecule has 2 aromatic carbocycles. The first-order chi connectivity index (χ1) is 15.9. The molecule has 1 unspecified atom stereocenters. The molecule has 0 saturated heterocycles. The number of carbonyl (C=O) groups is 1. The maximum absolute atomic E-state index is 12.1. The lowest BCUT2D eigenvalue weighted by Crippen LogP contribution is -2.23. The molecule has 0 aliphatic heterocycles. The van der Waals surface area contributed by atoms with Gasteiger partial charge >= 0.3 is 17.5 Å². The van der Waals surface area contributed by atoms with Crippen molar-refractivity contribution in [1.82, 2.24) is 14.5 Å². The Morgan fingerprint density at radius 2 is 1.82 bits per heavy atom. The first-order valence-electron chi connectivity index (χ1n) is 10.6. The Morgan fingerprint density at radius 3 is 2.61 bits per heavy atom. The maximum atomic E-state index is 12.1. The van der Waals surface area contributed by atoms with Gasteiger partial charge in [-0.2, -0.15) is 0 Å². The molecule has 1 atom stereocenters. The Morgan fingerprint density at radius 1 is 1.09 bits per heavy atom. The number of benzene rings is 2. The van der Waals surface area contributed by atoms with Gasteiger partial charge < -0.3 is 24.0 Å². The average molecular weight is 455 g/mol. The molecule has 0 amide bonds. The number of aliphatic hydroxyl groups is 1. The number of hydrogen-bond acceptors (Lipinski definition) is 8. The van der Waals surface area contributed by atoms with Crippen molar-refractivity contribution in [3.8, 4) is 0 Å². The largest absolute Gasteiger partial charge is 0.465 e. The lowest BCUT2D eigenvalue weighted by atomic mass is 10.1. The van der Waals surface area contributed by atoms with Gasteiger partial charge in [0, 0.05) is 13.6 Å². The number of nitrogens with one attached hydrogen (secondary N) is 1. The number of esters is 1. The topological polar surface area (TPSA) is 129 Å². The van der Waals surface area contributed by atoms with Crippen LogP contribution in [0, 0.1) is 0 Å². The minimum Gasteiger partial charge on any atom is -0.465 e. The number of carbonyl (C=O) groups excluding carboxylic acids is 1. The summed E-state index contributed by atoms with van der Waals surface area (Å²) < 4.78 is 18.0. The second-order valence-electron chi connectivity index (χ2n) is 7.69. The van der Waals surface area contributed by atoms with E-state index in [2.05, 4.69) is 5.32 Å². The van der Waals surface area contributed by atoms with Gasteiger partial charge in [-0.25, -0.2) is 9.59 Å². The van der Waals surface area contributed by atoms with E-state index < -0.39 is 23.6 Å². The third kappa shape index (κ3) is 4.76. The van der Waals surface area contributed by atoms with Crippen LogP contribution in [0.2, 0.25) is 0 Å². The number of nitrogens with zero attached hydrogens (tertiary/aromatic N) is 2. The number of oxazole rings is 2. The molecule has 2 aromatic heterocycles. The molecule has 0 bridgehead atoms. The zero-order chi connectivity index (χ0) is 23.5. The number of ether oxygens (including phenoxy) is 1. The van der Waals surface area contributed by atoms with Crippen LogP contribution in [0.5, 0.6) is 0 Å². The average Bonchev–Trinajstić information content (AvgIpc) is 3.25. The van der Waals surface area contributed by atoms with E-state index in [1.165, 1.54) is 9.13 Å². The molecule has 2 heterocycles. The fraction of sp³-hybridized carbons (Fsp3) is 0.348. The lowest BCUT2D eigenvalue weighted by Gasteiger charge is -2.12. The molecule has 0 aliphatic rings. The predicted octanol–water partition coefficient (Wildman–Crippen LogP) is 1.47. The van der Waals surface area contributed by atoms with Gasteiger partial charge in [0.05, 0.1) is 23.7 Å². The van der Waals surface area contributed by atoms with Crippen LogP contribution in [0.4, 0.5) is 0 Å². The first kappa shape index (κ1) is 22.6. The summed E-state index contributed by atoms with van der Waals surface area (Å²) in [5, 5.41) is 13.7. The van der Waals surface area contributed by atoms with E-state index in [1.54, 1.807) is 44.3 Å². The van der Waals surface area contributed by atoms with Crippen LogP contribution in [-0.2, 0) is 29.5 Å². The summed E-state index contributed by atoms with van der Waals surface area (Å²) in [6.45, 7) is 2.65. The number of aliphatic hydroxyl groups excluding tert-OH is 1. The minimum absolute atomic E-state index is 0.198. The summed E-state index contributed by atoms with van der Waals surface area (Å²) >= 11 is 0. The van der Waals surface area contributed by atoms with E-state index in [9.17, 15) is 19.5 Å². The van der Waals surface area contributed by atoms with Crippen LogP contribution >= 0.6 is 0 Å². The van der Waals surface area contributed by atoms with Crippen LogP contribution in [0.1, 0.15) is 24.2 Å². The molecular formula is C23H25N3O7. The van der Waals surface area contributed by atoms with Gasteiger partial charge in [0.25, 0.3) is 0 Å². The monoisotopic (exact) mass is 455 g/mol. The number of fused-ring (bicyclic) bond motifs is 2. The molecule has 0 spiro atoms. The molecule has 10 nitrogen and oxygen atoms in total. The number of aryl methyl sites for hydroxylation is 1. The Balaban J connectivity index is 1.34. The zero-order valence-electron chi connectivity index (χ0n) is 18.4. The van der Waals surface area contributed by atoms with Gasteiger partial charge in [0.2, 0.25) is 0 Å². The molecule has 0 fully saturated rings. The minimum atomic E-state index is -0.766. The summed E-state index contributed by atoms with van der Waals surface area (Å²) in [6, 6.07) is 10.5.